The number of aryl methyl sites for hydroxylation is 3. The van der Waals surface area contributed by atoms with E-state index in [0.29, 0.717) is 18.7 Å². The summed E-state index contributed by atoms with van der Waals surface area (Å²) >= 11 is 0. The van der Waals surface area contributed by atoms with E-state index in [0.717, 1.165) is 23.4 Å². The molecule has 1 aromatic carbocycles. The topological polar surface area (TPSA) is 67.2 Å². The fourth-order valence-corrected chi connectivity index (χ4v) is 2.50. The van der Waals surface area contributed by atoms with Crippen LogP contribution in [0.15, 0.2) is 30.5 Å². The minimum atomic E-state index is -0.157. The van der Waals surface area contributed by atoms with Crippen molar-refractivity contribution in [1.29, 1.82) is 0 Å². The number of carbonyl (C=O) groups excluding carboxylic acids is 2. The Labute approximate surface area is 148 Å². The van der Waals surface area contributed by atoms with Crippen LogP contribution in [0.2, 0.25) is 0 Å². The number of carbonyl (C=O) groups is 2. The Balaban J connectivity index is 1.80. The number of aromatic nitrogens is 2. The first kappa shape index (κ1) is 18.7. The fourth-order valence-electron chi connectivity index (χ4n) is 2.50. The number of hydrogen-bond donors (Lipinski definition) is 1. The molecule has 1 heterocycles. The molecule has 2 rings (SSSR count). The van der Waals surface area contributed by atoms with Gasteiger partial charge in [-0.05, 0) is 32.9 Å². The van der Waals surface area contributed by atoms with Gasteiger partial charge in [0.15, 0.2) is 0 Å². The third kappa shape index (κ3) is 5.17. The SMILES string of the molecule is CCn1cc(CN(C)C(=O)CCNC(=O)c2ccc(C)cc2)c(C)n1. The number of benzene rings is 1. The van der Waals surface area contributed by atoms with Crippen LogP contribution in [-0.2, 0) is 17.9 Å². The third-order valence-electron chi connectivity index (χ3n) is 4.14. The monoisotopic (exact) mass is 342 g/mol. The van der Waals surface area contributed by atoms with Gasteiger partial charge in [0.2, 0.25) is 5.91 Å². The zero-order chi connectivity index (χ0) is 18.4. The van der Waals surface area contributed by atoms with Crippen molar-refractivity contribution in [1.82, 2.24) is 20.0 Å². The maximum atomic E-state index is 12.2. The molecule has 0 aliphatic carbocycles. The number of nitrogens with zero attached hydrogens (tertiary/aromatic N) is 3. The van der Waals surface area contributed by atoms with E-state index in [9.17, 15) is 9.59 Å². The summed E-state index contributed by atoms with van der Waals surface area (Å²) in [6.45, 7) is 7.61. The second-order valence-electron chi connectivity index (χ2n) is 6.22. The summed E-state index contributed by atoms with van der Waals surface area (Å²) in [5.74, 6) is -0.164. The largest absolute Gasteiger partial charge is 0.352 e. The van der Waals surface area contributed by atoms with Gasteiger partial charge in [-0.2, -0.15) is 5.10 Å². The highest BCUT2D eigenvalue weighted by Crippen LogP contribution is 2.09. The van der Waals surface area contributed by atoms with E-state index >= 15 is 0 Å². The molecule has 0 spiro atoms. The number of amides is 2. The van der Waals surface area contributed by atoms with Gasteiger partial charge in [-0.25, -0.2) is 0 Å². The summed E-state index contributed by atoms with van der Waals surface area (Å²) in [4.78, 5) is 25.9. The Morgan fingerprint density at radius 2 is 1.88 bits per heavy atom. The molecule has 0 saturated carbocycles. The summed E-state index contributed by atoms with van der Waals surface area (Å²) in [5, 5.41) is 7.18. The molecule has 0 radical (unpaired) electrons. The van der Waals surface area contributed by atoms with Gasteiger partial charge in [0, 0.05) is 50.4 Å². The maximum Gasteiger partial charge on any atom is 0.251 e. The van der Waals surface area contributed by atoms with Crippen molar-refractivity contribution in [3.63, 3.8) is 0 Å². The average Bonchev–Trinajstić information content (AvgIpc) is 2.95. The first-order chi connectivity index (χ1) is 11.9. The van der Waals surface area contributed by atoms with E-state index in [1.165, 1.54) is 0 Å². The van der Waals surface area contributed by atoms with Crippen molar-refractivity contribution < 1.29 is 9.59 Å². The molecule has 2 aromatic rings. The zero-order valence-electron chi connectivity index (χ0n) is 15.4. The Morgan fingerprint density at radius 3 is 2.48 bits per heavy atom. The molecule has 0 saturated heterocycles. The normalized spacial score (nSPS) is 10.6. The van der Waals surface area contributed by atoms with Crippen LogP contribution in [0.25, 0.3) is 0 Å². The summed E-state index contributed by atoms with van der Waals surface area (Å²) in [5.41, 5.74) is 3.69. The Morgan fingerprint density at radius 1 is 1.20 bits per heavy atom. The van der Waals surface area contributed by atoms with Gasteiger partial charge in [0.25, 0.3) is 5.91 Å². The molecule has 134 valence electrons. The summed E-state index contributed by atoms with van der Waals surface area (Å²) < 4.78 is 1.87. The summed E-state index contributed by atoms with van der Waals surface area (Å²) in [6, 6.07) is 7.36. The van der Waals surface area contributed by atoms with Crippen LogP contribution in [0.5, 0.6) is 0 Å². The van der Waals surface area contributed by atoms with Crippen molar-refractivity contribution >= 4 is 11.8 Å². The lowest BCUT2D eigenvalue weighted by atomic mass is 10.1. The highest BCUT2D eigenvalue weighted by molar-refractivity contribution is 5.94. The van der Waals surface area contributed by atoms with Gasteiger partial charge < -0.3 is 10.2 Å². The molecule has 0 aliphatic heterocycles. The Kier molecular flexibility index (Phi) is 6.33. The van der Waals surface area contributed by atoms with Crippen LogP contribution in [0.4, 0.5) is 0 Å². The molecule has 1 N–H and O–H groups in total. The van der Waals surface area contributed by atoms with Crippen molar-refractivity contribution in [3.8, 4) is 0 Å². The molecule has 6 nitrogen and oxygen atoms in total. The van der Waals surface area contributed by atoms with Crippen LogP contribution in [-0.4, -0.2) is 40.1 Å². The lowest BCUT2D eigenvalue weighted by Crippen LogP contribution is -2.32. The zero-order valence-corrected chi connectivity index (χ0v) is 15.4. The predicted molar refractivity (Wildman–Crippen MR) is 97.2 cm³/mol. The van der Waals surface area contributed by atoms with Gasteiger partial charge in [-0.15, -0.1) is 0 Å². The number of hydrogen-bond acceptors (Lipinski definition) is 3. The minimum absolute atomic E-state index is 0.00662. The van der Waals surface area contributed by atoms with Gasteiger partial charge >= 0.3 is 0 Å². The quantitative estimate of drug-likeness (QED) is 0.839. The molecule has 25 heavy (non-hydrogen) atoms. The highest BCUT2D eigenvalue weighted by atomic mass is 16.2. The molecular formula is C19H26N4O2. The predicted octanol–water partition coefficient (Wildman–Crippen LogP) is 2.30. The van der Waals surface area contributed by atoms with Crippen LogP contribution < -0.4 is 5.32 Å². The summed E-state index contributed by atoms with van der Waals surface area (Å²) in [7, 11) is 1.77. The van der Waals surface area contributed by atoms with Crippen LogP contribution in [0.1, 0.15) is 40.5 Å². The molecule has 6 heteroatoms. The van der Waals surface area contributed by atoms with E-state index in [1.807, 2.05) is 43.8 Å². The average molecular weight is 342 g/mol. The lowest BCUT2D eigenvalue weighted by Gasteiger charge is -2.17. The first-order valence-electron chi connectivity index (χ1n) is 8.52. The van der Waals surface area contributed by atoms with E-state index < -0.39 is 0 Å². The molecule has 2 amide bonds. The van der Waals surface area contributed by atoms with Gasteiger partial charge in [0.1, 0.15) is 0 Å². The number of rotatable bonds is 7. The second-order valence-corrected chi connectivity index (χ2v) is 6.22. The Bertz CT molecular complexity index is 734. The van der Waals surface area contributed by atoms with E-state index in [2.05, 4.69) is 10.4 Å². The van der Waals surface area contributed by atoms with Gasteiger partial charge in [0.05, 0.1) is 5.69 Å². The van der Waals surface area contributed by atoms with Gasteiger partial charge in [-0.3, -0.25) is 14.3 Å². The third-order valence-corrected chi connectivity index (χ3v) is 4.14. The maximum absolute atomic E-state index is 12.2. The Hall–Kier alpha value is -2.63. The standard InChI is InChI=1S/C19H26N4O2/c1-5-23-13-17(15(3)21-23)12-22(4)18(24)10-11-20-19(25)16-8-6-14(2)7-9-16/h6-9,13H,5,10-12H2,1-4H3,(H,20,25). The van der Waals surface area contributed by atoms with Crippen molar-refractivity contribution in [3.05, 3.63) is 52.8 Å². The fraction of sp³-hybridized carbons (Fsp3) is 0.421. The van der Waals surface area contributed by atoms with E-state index in [1.54, 1.807) is 24.1 Å². The number of nitrogens with one attached hydrogen (secondary N) is 1. The molecule has 1 aromatic heterocycles. The van der Waals surface area contributed by atoms with Crippen LogP contribution >= 0.6 is 0 Å². The minimum Gasteiger partial charge on any atom is -0.352 e. The molecule has 0 atom stereocenters. The second kappa shape index (κ2) is 8.46. The van der Waals surface area contributed by atoms with Crippen LogP contribution in [0.3, 0.4) is 0 Å². The van der Waals surface area contributed by atoms with Crippen molar-refractivity contribution in [2.75, 3.05) is 13.6 Å². The summed E-state index contributed by atoms with van der Waals surface area (Å²) in [6.07, 6.45) is 2.24. The lowest BCUT2D eigenvalue weighted by molar-refractivity contribution is -0.130. The first-order valence-corrected chi connectivity index (χ1v) is 8.52. The van der Waals surface area contributed by atoms with E-state index in [4.69, 9.17) is 0 Å². The molecule has 0 aliphatic rings. The molecular weight excluding hydrogens is 316 g/mol. The van der Waals surface area contributed by atoms with E-state index in [-0.39, 0.29) is 18.2 Å². The van der Waals surface area contributed by atoms with Crippen LogP contribution in [0, 0.1) is 13.8 Å². The van der Waals surface area contributed by atoms with Gasteiger partial charge in [-0.1, -0.05) is 17.7 Å². The molecule has 0 fully saturated rings. The van der Waals surface area contributed by atoms with Crippen molar-refractivity contribution in [2.24, 2.45) is 0 Å². The smallest absolute Gasteiger partial charge is 0.251 e. The molecule has 0 unspecified atom stereocenters. The van der Waals surface area contributed by atoms with Crippen molar-refractivity contribution in [2.45, 2.75) is 40.3 Å². The highest BCUT2D eigenvalue weighted by Gasteiger charge is 2.13. The molecule has 0 bridgehead atoms.